The van der Waals surface area contributed by atoms with Crippen molar-refractivity contribution >= 4 is 27.3 Å². The first-order valence-corrected chi connectivity index (χ1v) is 11.9. The summed E-state index contributed by atoms with van der Waals surface area (Å²) in [4.78, 5) is 13.9. The standard InChI is InChI=1S/C21H28N2O3S2/c1-21(2,3)17-8-10-19(11-9-17)28(25,26)23-12-4-6-16(15-23)20(24)22-14-18-7-5-13-27-18/h5,7-11,13,16H,4,6,12,14-15H2,1-3H3,(H,22,24). The average molecular weight is 421 g/mol. The highest BCUT2D eigenvalue weighted by Crippen LogP contribution is 2.27. The van der Waals surface area contributed by atoms with E-state index in [0.717, 1.165) is 10.4 Å². The highest BCUT2D eigenvalue weighted by atomic mass is 32.2. The fraction of sp³-hybridized carbons (Fsp3) is 0.476. The number of nitrogens with zero attached hydrogens (tertiary/aromatic N) is 1. The quantitative estimate of drug-likeness (QED) is 0.801. The number of piperidine rings is 1. The number of amides is 1. The van der Waals surface area contributed by atoms with Gasteiger partial charge in [0.25, 0.3) is 0 Å². The zero-order chi connectivity index (χ0) is 20.4. The molecule has 1 atom stereocenters. The molecule has 1 N–H and O–H groups in total. The van der Waals surface area contributed by atoms with Crippen molar-refractivity contribution in [1.29, 1.82) is 0 Å². The van der Waals surface area contributed by atoms with Crippen LogP contribution in [-0.4, -0.2) is 31.7 Å². The van der Waals surface area contributed by atoms with Crippen molar-refractivity contribution in [3.63, 3.8) is 0 Å². The lowest BCUT2D eigenvalue weighted by Gasteiger charge is -2.31. The minimum atomic E-state index is -3.59. The Balaban J connectivity index is 1.67. The van der Waals surface area contributed by atoms with E-state index in [4.69, 9.17) is 0 Å². The van der Waals surface area contributed by atoms with Crippen molar-refractivity contribution in [2.45, 2.75) is 50.5 Å². The van der Waals surface area contributed by atoms with Gasteiger partial charge in [-0.15, -0.1) is 11.3 Å². The van der Waals surface area contributed by atoms with Gasteiger partial charge < -0.3 is 5.32 Å². The number of hydrogen-bond acceptors (Lipinski definition) is 4. The molecule has 3 rings (SSSR count). The monoisotopic (exact) mass is 420 g/mol. The van der Waals surface area contributed by atoms with Crippen LogP contribution in [0, 0.1) is 5.92 Å². The molecule has 0 saturated carbocycles. The Kier molecular flexibility index (Phi) is 6.27. The van der Waals surface area contributed by atoms with Crippen LogP contribution < -0.4 is 5.32 Å². The molecule has 2 aromatic rings. The second-order valence-corrected chi connectivity index (χ2v) is 11.2. The van der Waals surface area contributed by atoms with Crippen LogP contribution in [0.1, 0.15) is 44.1 Å². The Bertz CT molecular complexity index is 898. The summed E-state index contributed by atoms with van der Waals surface area (Å²) in [5.41, 5.74) is 1.06. The van der Waals surface area contributed by atoms with Crippen molar-refractivity contribution < 1.29 is 13.2 Å². The first-order chi connectivity index (χ1) is 13.2. The van der Waals surface area contributed by atoms with Crippen LogP contribution in [0.5, 0.6) is 0 Å². The normalized spacial score (nSPS) is 18.8. The first-order valence-electron chi connectivity index (χ1n) is 9.59. The summed E-state index contributed by atoms with van der Waals surface area (Å²) < 4.78 is 27.6. The minimum Gasteiger partial charge on any atom is -0.351 e. The van der Waals surface area contributed by atoms with E-state index in [-0.39, 0.29) is 23.8 Å². The number of carbonyl (C=O) groups is 1. The van der Waals surface area contributed by atoms with Gasteiger partial charge in [0.05, 0.1) is 17.4 Å². The van der Waals surface area contributed by atoms with Crippen molar-refractivity contribution in [2.24, 2.45) is 5.92 Å². The zero-order valence-electron chi connectivity index (χ0n) is 16.6. The van der Waals surface area contributed by atoms with E-state index in [9.17, 15) is 13.2 Å². The summed E-state index contributed by atoms with van der Waals surface area (Å²) in [6.45, 7) is 7.48. The maximum absolute atomic E-state index is 13.1. The van der Waals surface area contributed by atoms with Gasteiger partial charge in [-0.3, -0.25) is 4.79 Å². The molecule has 1 aliphatic rings. The SMILES string of the molecule is CC(C)(C)c1ccc(S(=O)(=O)N2CCCC(C(=O)NCc3cccs3)C2)cc1. The van der Waals surface area contributed by atoms with E-state index < -0.39 is 10.0 Å². The van der Waals surface area contributed by atoms with Crippen molar-refractivity contribution in [3.8, 4) is 0 Å². The van der Waals surface area contributed by atoms with Crippen LogP contribution in [0.25, 0.3) is 0 Å². The van der Waals surface area contributed by atoms with Gasteiger partial charge in [-0.25, -0.2) is 8.42 Å². The smallest absolute Gasteiger partial charge is 0.243 e. The average Bonchev–Trinajstić information content (AvgIpc) is 3.19. The van der Waals surface area contributed by atoms with E-state index in [0.29, 0.717) is 30.8 Å². The third-order valence-corrected chi connectivity index (χ3v) is 7.89. The molecule has 1 fully saturated rings. The lowest BCUT2D eigenvalue weighted by atomic mass is 9.87. The highest BCUT2D eigenvalue weighted by Gasteiger charge is 2.33. The number of thiophene rings is 1. The fourth-order valence-electron chi connectivity index (χ4n) is 3.38. The van der Waals surface area contributed by atoms with Gasteiger partial charge >= 0.3 is 0 Å². The van der Waals surface area contributed by atoms with Crippen molar-refractivity contribution in [1.82, 2.24) is 9.62 Å². The molecular weight excluding hydrogens is 392 g/mol. The van der Waals surface area contributed by atoms with Crippen LogP contribution in [0.4, 0.5) is 0 Å². The summed E-state index contributed by atoms with van der Waals surface area (Å²) in [5.74, 6) is -0.381. The van der Waals surface area contributed by atoms with Gasteiger partial charge in [0.15, 0.2) is 0 Å². The summed E-state index contributed by atoms with van der Waals surface area (Å²) in [7, 11) is -3.59. The summed E-state index contributed by atoms with van der Waals surface area (Å²) in [6, 6.07) is 11.0. The lowest BCUT2D eigenvalue weighted by Crippen LogP contribution is -2.45. The Labute approximate surface area is 171 Å². The van der Waals surface area contributed by atoms with E-state index >= 15 is 0 Å². The maximum atomic E-state index is 13.1. The Morgan fingerprint density at radius 1 is 1.21 bits per heavy atom. The first kappa shape index (κ1) is 21.0. The van der Waals surface area contributed by atoms with Crippen molar-refractivity contribution in [2.75, 3.05) is 13.1 Å². The third-order valence-electron chi connectivity index (χ3n) is 5.13. The van der Waals surface area contributed by atoms with Gasteiger partial charge in [0, 0.05) is 18.0 Å². The molecule has 1 saturated heterocycles. The van der Waals surface area contributed by atoms with Crippen LogP contribution in [0.3, 0.4) is 0 Å². The van der Waals surface area contributed by atoms with Crippen LogP contribution >= 0.6 is 11.3 Å². The topological polar surface area (TPSA) is 66.5 Å². The number of benzene rings is 1. The number of sulfonamides is 1. The van der Waals surface area contributed by atoms with Crippen LogP contribution in [-0.2, 0) is 26.8 Å². The van der Waals surface area contributed by atoms with E-state index in [1.54, 1.807) is 23.5 Å². The molecule has 0 bridgehead atoms. The predicted octanol–water partition coefficient (Wildman–Crippen LogP) is 3.76. The molecule has 1 aliphatic heterocycles. The number of rotatable bonds is 5. The molecule has 1 unspecified atom stereocenters. The van der Waals surface area contributed by atoms with E-state index in [1.807, 2.05) is 29.6 Å². The minimum absolute atomic E-state index is 0.0286. The Morgan fingerprint density at radius 2 is 1.93 bits per heavy atom. The molecule has 0 aliphatic carbocycles. The second kappa shape index (κ2) is 8.35. The molecule has 7 heteroatoms. The molecule has 0 spiro atoms. The number of hydrogen-bond donors (Lipinski definition) is 1. The molecule has 152 valence electrons. The van der Waals surface area contributed by atoms with Crippen LogP contribution in [0.2, 0.25) is 0 Å². The van der Waals surface area contributed by atoms with Crippen molar-refractivity contribution in [3.05, 3.63) is 52.2 Å². The molecule has 28 heavy (non-hydrogen) atoms. The highest BCUT2D eigenvalue weighted by molar-refractivity contribution is 7.89. The molecule has 0 radical (unpaired) electrons. The van der Waals surface area contributed by atoms with E-state index in [2.05, 4.69) is 26.1 Å². The van der Waals surface area contributed by atoms with Crippen LogP contribution in [0.15, 0.2) is 46.7 Å². The molecule has 1 amide bonds. The summed E-state index contributed by atoms with van der Waals surface area (Å²) >= 11 is 1.60. The lowest BCUT2D eigenvalue weighted by molar-refractivity contribution is -0.126. The van der Waals surface area contributed by atoms with Gasteiger partial charge in [-0.1, -0.05) is 39.0 Å². The molecule has 1 aromatic carbocycles. The summed E-state index contributed by atoms with van der Waals surface area (Å²) in [5, 5.41) is 4.91. The van der Waals surface area contributed by atoms with Gasteiger partial charge in [-0.05, 0) is 47.4 Å². The Morgan fingerprint density at radius 3 is 2.54 bits per heavy atom. The Hall–Kier alpha value is -1.70. The number of carbonyl (C=O) groups excluding carboxylic acids is 1. The molecule has 5 nitrogen and oxygen atoms in total. The zero-order valence-corrected chi connectivity index (χ0v) is 18.3. The number of nitrogens with one attached hydrogen (secondary N) is 1. The maximum Gasteiger partial charge on any atom is 0.243 e. The van der Waals surface area contributed by atoms with Gasteiger partial charge in [0.1, 0.15) is 0 Å². The molecule has 2 heterocycles. The largest absolute Gasteiger partial charge is 0.351 e. The third kappa shape index (κ3) is 4.82. The summed E-state index contributed by atoms with van der Waals surface area (Å²) in [6.07, 6.45) is 1.40. The molecular formula is C21H28N2O3S2. The van der Waals surface area contributed by atoms with E-state index in [1.165, 1.54) is 4.31 Å². The van der Waals surface area contributed by atoms with Gasteiger partial charge in [-0.2, -0.15) is 4.31 Å². The fourth-order valence-corrected chi connectivity index (χ4v) is 5.55. The second-order valence-electron chi connectivity index (χ2n) is 8.27. The van der Waals surface area contributed by atoms with Gasteiger partial charge in [0.2, 0.25) is 15.9 Å². The molecule has 1 aromatic heterocycles. The predicted molar refractivity (Wildman–Crippen MR) is 113 cm³/mol.